The van der Waals surface area contributed by atoms with E-state index in [0.29, 0.717) is 0 Å². The molecule has 3 heteroatoms. The maximum absolute atomic E-state index is 11.0. The summed E-state index contributed by atoms with van der Waals surface area (Å²) in [6.45, 7) is 2.12. The van der Waals surface area contributed by atoms with Crippen LogP contribution in [0.1, 0.15) is 12.5 Å². The summed E-state index contributed by atoms with van der Waals surface area (Å²) >= 11 is 0.000509. The van der Waals surface area contributed by atoms with Crippen LogP contribution in [-0.2, 0) is 6.42 Å². The van der Waals surface area contributed by atoms with Crippen molar-refractivity contribution in [1.29, 1.82) is 0 Å². The fourth-order valence-corrected chi connectivity index (χ4v) is 2.89. The molecule has 62 valence electrons. The molecule has 0 saturated carbocycles. The van der Waals surface area contributed by atoms with E-state index < -0.39 is 0 Å². The Kier molecular flexibility index (Phi) is 1.91. The molecule has 0 fully saturated rings. The average molecular weight is 226 g/mol. The average Bonchev–Trinajstić information content (AvgIpc) is 2.43. The number of aryl methyl sites for hydroxylation is 1. The third-order valence-electron chi connectivity index (χ3n) is 1.89. The summed E-state index contributed by atoms with van der Waals surface area (Å²) in [4.78, 5) is 13.9. The van der Waals surface area contributed by atoms with Crippen molar-refractivity contribution in [3.63, 3.8) is 0 Å². The quantitative estimate of drug-likeness (QED) is 0.727. The first-order chi connectivity index (χ1) is 5.79. The minimum atomic E-state index is 0.000509. The number of hydrogen-bond acceptors (Lipinski definition) is 1. The Morgan fingerprint density at radius 1 is 1.50 bits per heavy atom. The van der Waals surface area contributed by atoms with Gasteiger partial charge in [0.25, 0.3) is 0 Å². The fraction of sp³-hybridized carbons (Fsp3) is 0.222. The molecule has 1 aromatic carbocycles. The van der Waals surface area contributed by atoms with Crippen molar-refractivity contribution in [1.82, 2.24) is 4.98 Å². The maximum atomic E-state index is 11.0. The molecule has 0 aliphatic carbocycles. The van der Waals surface area contributed by atoms with Crippen LogP contribution < -0.4 is 4.43 Å². The van der Waals surface area contributed by atoms with Crippen molar-refractivity contribution in [3.8, 4) is 0 Å². The summed E-state index contributed by atoms with van der Waals surface area (Å²) in [6.07, 6.45) is 1.04. The van der Waals surface area contributed by atoms with E-state index in [9.17, 15) is 4.79 Å². The predicted molar refractivity (Wildman–Crippen MR) is 50.9 cm³/mol. The monoisotopic (exact) mass is 227 g/mol. The standard InChI is InChI=1S/C9H9NOSe/c1-2-6-3-4-7-8(5-6)12-9(11)10-7/h3-5H,2H2,1H3,(H,10,11). The Morgan fingerprint density at radius 3 is 3.08 bits per heavy atom. The van der Waals surface area contributed by atoms with Crippen LogP contribution in [0.2, 0.25) is 0 Å². The Bertz CT molecular complexity index is 455. The molecule has 0 radical (unpaired) electrons. The minimum absolute atomic E-state index is 0.000509. The number of fused-ring (bicyclic) bond motifs is 1. The third-order valence-corrected chi connectivity index (χ3v) is 3.67. The zero-order chi connectivity index (χ0) is 8.55. The summed E-state index contributed by atoms with van der Waals surface area (Å²) in [5.74, 6) is 0. The molecule has 2 rings (SSSR count). The van der Waals surface area contributed by atoms with E-state index in [-0.39, 0.29) is 18.9 Å². The molecule has 0 spiro atoms. The zero-order valence-corrected chi connectivity index (χ0v) is 8.47. The molecular formula is C9H9NOSe. The number of aromatic amines is 1. The number of hydrogen-bond donors (Lipinski definition) is 1. The molecule has 0 saturated heterocycles. The van der Waals surface area contributed by atoms with Gasteiger partial charge in [0.2, 0.25) is 0 Å². The number of H-pyrrole nitrogens is 1. The Labute approximate surface area is 76.0 Å². The molecular weight excluding hydrogens is 217 g/mol. The van der Waals surface area contributed by atoms with Gasteiger partial charge in [-0.3, -0.25) is 0 Å². The summed E-state index contributed by atoms with van der Waals surface area (Å²) in [5.41, 5.74) is 2.32. The van der Waals surface area contributed by atoms with Gasteiger partial charge in [0.1, 0.15) is 0 Å². The van der Waals surface area contributed by atoms with Crippen LogP contribution in [0.15, 0.2) is 23.0 Å². The van der Waals surface area contributed by atoms with Gasteiger partial charge in [0, 0.05) is 0 Å². The van der Waals surface area contributed by atoms with Gasteiger partial charge < -0.3 is 0 Å². The molecule has 2 aromatic rings. The SMILES string of the molecule is CCc1ccc2[nH]c(=O)[se]c2c1. The molecule has 1 heterocycles. The van der Waals surface area contributed by atoms with Gasteiger partial charge in [0.15, 0.2) is 0 Å². The third kappa shape index (κ3) is 1.26. The second-order valence-electron chi connectivity index (χ2n) is 2.70. The predicted octanol–water partition coefficient (Wildman–Crippen LogP) is 1.15. The first-order valence-electron chi connectivity index (χ1n) is 3.91. The van der Waals surface area contributed by atoms with Gasteiger partial charge in [-0.2, -0.15) is 0 Å². The van der Waals surface area contributed by atoms with Crippen LogP contribution in [0.25, 0.3) is 9.78 Å². The molecule has 0 bridgehead atoms. The van der Waals surface area contributed by atoms with Crippen molar-refractivity contribution in [2.24, 2.45) is 0 Å². The van der Waals surface area contributed by atoms with E-state index in [0.717, 1.165) is 11.9 Å². The Hall–Kier alpha value is -0.791. The molecule has 12 heavy (non-hydrogen) atoms. The Balaban J connectivity index is 2.74. The number of benzene rings is 1. The van der Waals surface area contributed by atoms with E-state index in [1.165, 1.54) is 9.82 Å². The topological polar surface area (TPSA) is 32.9 Å². The van der Waals surface area contributed by atoms with Gasteiger partial charge in [0.05, 0.1) is 0 Å². The van der Waals surface area contributed by atoms with Crippen LogP contribution >= 0.6 is 0 Å². The van der Waals surface area contributed by atoms with Crippen molar-refractivity contribution < 1.29 is 0 Å². The summed E-state index contributed by atoms with van der Waals surface area (Å²) in [7, 11) is 0. The summed E-state index contributed by atoms with van der Waals surface area (Å²) in [5, 5.41) is 0. The molecule has 0 atom stereocenters. The van der Waals surface area contributed by atoms with Crippen LogP contribution in [0, 0.1) is 0 Å². The van der Waals surface area contributed by atoms with Gasteiger partial charge in [-0.05, 0) is 0 Å². The molecule has 0 amide bonds. The van der Waals surface area contributed by atoms with Crippen molar-refractivity contribution >= 4 is 24.3 Å². The summed E-state index contributed by atoms with van der Waals surface area (Å²) in [6, 6.07) is 6.20. The molecule has 0 unspecified atom stereocenters. The first-order valence-corrected chi connectivity index (χ1v) is 5.62. The normalized spacial score (nSPS) is 10.8. The van der Waals surface area contributed by atoms with Crippen LogP contribution in [0.4, 0.5) is 0 Å². The van der Waals surface area contributed by atoms with Gasteiger partial charge >= 0.3 is 75.6 Å². The van der Waals surface area contributed by atoms with Gasteiger partial charge in [-0.15, -0.1) is 0 Å². The number of aromatic nitrogens is 1. The number of nitrogens with one attached hydrogen (secondary N) is 1. The Morgan fingerprint density at radius 2 is 2.33 bits per heavy atom. The molecule has 0 aliphatic rings. The fourth-order valence-electron chi connectivity index (χ4n) is 1.21. The molecule has 0 aliphatic heterocycles. The van der Waals surface area contributed by atoms with E-state index in [4.69, 9.17) is 0 Å². The number of rotatable bonds is 1. The van der Waals surface area contributed by atoms with Gasteiger partial charge in [-0.1, -0.05) is 0 Å². The molecule has 2 nitrogen and oxygen atoms in total. The van der Waals surface area contributed by atoms with Gasteiger partial charge in [-0.25, -0.2) is 0 Å². The van der Waals surface area contributed by atoms with E-state index in [1.54, 1.807) is 0 Å². The van der Waals surface area contributed by atoms with Crippen molar-refractivity contribution in [2.75, 3.05) is 0 Å². The van der Waals surface area contributed by atoms with Crippen LogP contribution in [-0.4, -0.2) is 19.5 Å². The van der Waals surface area contributed by atoms with Crippen LogP contribution in [0.5, 0.6) is 0 Å². The van der Waals surface area contributed by atoms with E-state index in [2.05, 4.69) is 24.0 Å². The van der Waals surface area contributed by atoms with E-state index in [1.807, 2.05) is 6.07 Å². The molecule has 1 aromatic heterocycles. The van der Waals surface area contributed by atoms with E-state index >= 15 is 0 Å². The molecule has 1 N–H and O–H groups in total. The van der Waals surface area contributed by atoms with Crippen molar-refractivity contribution in [3.05, 3.63) is 33.0 Å². The van der Waals surface area contributed by atoms with Crippen molar-refractivity contribution in [2.45, 2.75) is 13.3 Å². The zero-order valence-electron chi connectivity index (χ0n) is 6.76. The van der Waals surface area contributed by atoms with Crippen LogP contribution in [0.3, 0.4) is 0 Å². The summed E-state index contributed by atoms with van der Waals surface area (Å²) < 4.78 is 1.37. The first kappa shape index (κ1) is 7.84. The second-order valence-corrected chi connectivity index (χ2v) is 4.83. The second kappa shape index (κ2) is 2.92.